The Morgan fingerprint density at radius 1 is 0.893 bits per heavy atom. The predicted octanol–water partition coefficient (Wildman–Crippen LogP) is 3.47. The van der Waals surface area contributed by atoms with E-state index in [0.717, 1.165) is 23.6 Å². The van der Waals surface area contributed by atoms with Gasteiger partial charge in [0.25, 0.3) is 0 Å². The van der Waals surface area contributed by atoms with Gasteiger partial charge in [-0.15, -0.1) is 0 Å². The van der Waals surface area contributed by atoms with Gasteiger partial charge in [-0.3, -0.25) is 4.79 Å². The Hall–Kier alpha value is -2.17. The first-order valence-corrected chi connectivity index (χ1v) is 10.5. The van der Waals surface area contributed by atoms with Gasteiger partial charge in [-0.2, -0.15) is 0 Å². The highest BCUT2D eigenvalue weighted by Crippen LogP contribution is 2.25. The number of carbonyl (C=O) groups is 1. The van der Waals surface area contributed by atoms with Crippen LogP contribution in [0.2, 0.25) is 0 Å². The highest BCUT2D eigenvalue weighted by atomic mass is 16.3. The molecule has 1 aliphatic rings. The molecule has 3 N–H and O–H groups in total. The monoisotopic (exact) mass is 380 g/mol. The second-order valence-electron chi connectivity index (χ2n) is 7.82. The van der Waals surface area contributed by atoms with Gasteiger partial charge in [0.1, 0.15) is 0 Å². The number of rotatable bonds is 9. The quantitative estimate of drug-likeness (QED) is 0.624. The van der Waals surface area contributed by atoms with Crippen LogP contribution in [0.25, 0.3) is 0 Å². The second-order valence-corrected chi connectivity index (χ2v) is 7.82. The van der Waals surface area contributed by atoms with E-state index in [0.29, 0.717) is 6.54 Å². The van der Waals surface area contributed by atoms with Crippen molar-refractivity contribution in [3.63, 3.8) is 0 Å². The molecule has 0 radical (unpaired) electrons. The fraction of sp³-hybridized carbons (Fsp3) is 0.458. The Morgan fingerprint density at radius 3 is 2.04 bits per heavy atom. The minimum atomic E-state index is -0.584. The Kier molecular flexibility index (Phi) is 8.07. The lowest BCUT2D eigenvalue weighted by Crippen LogP contribution is -2.41. The average Bonchev–Trinajstić information content (AvgIpc) is 2.75. The van der Waals surface area contributed by atoms with Crippen LogP contribution in [-0.2, 0) is 4.79 Å². The molecule has 0 heterocycles. The summed E-state index contributed by atoms with van der Waals surface area (Å²) in [5.41, 5.74) is 1.91. The number of aliphatic hydroxyl groups excluding tert-OH is 1. The lowest BCUT2D eigenvalue weighted by atomic mass is 9.89. The number of benzene rings is 2. The first kappa shape index (κ1) is 20.6. The van der Waals surface area contributed by atoms with Crippen molar-refractivity contribution in [2.45, 2.75) is 44.1 Å². The maximum Gasteiger partial charge on any atom is 0.232 e. The second kappa shape index (κ2) is 11.0. The summed E-state index contributed by atoms with van der Waals surface area (Å²) in [5, 5.41) is 16.6. The van der Waals surface area contributed by atoms with Crippen LogP contribution in [0.1, 0.15) is 49.1 Å². The number of hydrogen-bond acceptors (Lipinski definition) is 3. The van der Waals surface area contributed by atoms with Crippen LogP contribution in [0.3, 0.4) is 0 Å². The van der Waals surface area contributed by atoms with Gasteiger partial charge in [-0.05, 0) is 36.4 Å². The Labute approximate surface area is 168 Å². The van der Waals surface area contributed by atoms with Crippen molar-refractivity contribution < 1.29 is 9.90 Å². The number of hydrogen-bond donors (Lipinski definition) is 3. The standard InChI is InChI=1S/C24H32N2O2/c27-22(17-25-16-19-10-4-1-5-11-19)18-26-24(28)23(20-12-6-2-7-13-20)21-14-8-3-9-15-21/h2-3,6-9,12-15,19,22-23,25,27H,1,4-5,10-11,16-18H2,(H,26,28)/t22-/m1/s1. The fourth-order valence-electron chi connectivity index (χ4n) is 4.02. The third-order valence-electron chi connectivity index (χ3n) is 5.58. The predicted molar refractivity (Wildman–Crippen MR) is 113 cm³/mol. The third-order valence-corrected chi connectivity index (χ3v) is 5.58. The van der Waals surface area contributed by atoms with Crippen molar-refractivity contribution >= 4 is 5.91 Å². The molecule has 1 amide bonds. The van der Waals surface area contributed by atoms with Gasteiger partial charge in [0.05, 0.1) is 12.0 Å². The number of carbonyl (C=O) groups excluding carboxylic acids is 1. The lowest BCUT2D eigenvalue weighted by molar-refractivity contribution is -0.122. The molecule has 28 heavy (non-hydrogen) atoms. The van der Waals surface area contributed by atoms with Crippen molar-refractivity contribution in [3.05, 3.63) is 71.8 Å². The van der Waals surface area contributed by atoms with E-state index in [4.69, 9.17) is 0 Å². The summed E-state index contributed by atoms with van der Waals surface area (Å²) in [6.45, 7) is 1.73. The van der Waals surface area contributed by atoms with E-state index < -0.39 is 6.10 Å². The van der Waals surface area contributed by atoms with Crippen LogP contribution in [0, 0.1) is 5.92 Å². The molecule has 0 saturated heterocycles. The minimum absolute atomic E-state index is 0.0799. The molecule has 0 spiro atoms. The fourth-order valence-corrected chi connectivity index (χ4v) is 4.02. The van der Waals surface area contributed by atoms with Gasteiger partial charge in [0.2, 0.25) is 5.91 Å². The number of nitrogens with one attached hydrogen (secondary N) is 2. The Bertz CT molecular complexity index is 660. The number of amides is 1. The Morgan fingerprint density at radius 2 is 1.46 bits per heavy atom. The largest absolute Gasteiger partial charge is 0.390 e. The van der Waals surface area contributed by atoms with E-state index in [-0.39, 0.29) is 18.4 Å². The maximum atomic E-state index is 12.9. The lowest BCUT2D eigenvalue weighted by Gasteiger charge is -2.23. The molecule has 4 nitrogen and oxygen atoms in total. The summed E-state index contributed by atoms with van der Waals surface area (Å²) >= 11 is 0. The molecule has 3 rings (SSSR count). The summed E-state index contributed by atoms with van der Waals surface area (Å²) < 4.78 is 0. The van der Waals surface area contributed by atoms with Gasteiger partial charge in [-0.25, -0.2) is 0 Å². The van der Waals surface area contributed by atoms with E-state index in [2.05, 4.69) is 10.6 Å². The topological polar surface area (TPSA) is 61.4 Å². The highest BCUT2D eigenvalue weighted by molar-refractivity contribution is 5.87. The molecule has 0 unspecified atom stereocenters. The van der Waals surface area contributed by atoms with E-state index >= 15 is 0 Å². The highest BCUT2D eigenvalue weighted by Gasteiger charge is 2.23. The van der Waals surface area contributed by atoms with E-state index in [9.17, 15) is 9.90 Å². The molecule has 1 fully saturated rings. The third kappa shape index (κ3) is 6.18. The van der Waals surface area contributed by atoms with E-state index in [1.807, 2.05) is 60.7 Å². The molecule has 1 aliphatic carbocycles. The van der Waals surface area contributed by atoms with Crippen LogP contribution in [0.15, 0.2) is 60.7 Å². The molecule has 0 bridgehead atoms. The zero-order chi connectivity index (χ0) is 19.6. The smallest absolute Gasteiger partial charge is 0.232 e. The van der Waals surface area contributed by atoms with Crippen LogP contribution in [0.5, 0.6) is 0 Å². The first-order chi connectivity index (χ1) is 13.7. The normalized spacial score (nSPS) is 16.1. The van der Waals surface area contributed by atoms with Crippen molar-refractivity contribution in [2.75, 3.05) is 19.6 Å². The summed E-state index contributed by atoms with van der Waals surface area (Å²) in [4.78, 5) is 12.9. The van der Waals surface area contributed by atoms with Gasteiger partial charge in [0, 0.05) is 13.1 Å². The van der Waals surface area contributed by atoms with Gasteiger partial charge in [0.15, 0.2) is 0 Å². The van der Waals surface area contributed by atoms with Gasteiger partial charge >= 0.3 is 0 Å². The first-order valence-electron chi connectivity index (χ1n) is 10.5. The zero-order valence-electron chi connectivity index (χ0n) is 16.5. The minimum Gasteiger partial charge on any atom is -0.390 e. The van der Waals surface area contributed by atoms with Crippen LogP contribution < -0.4 is 10.6 Å². The molecular weight excluding hydrogens is 348 g/mol. The van der Waals surface area contributed by atoms with Crippen molar-refractivity contribution in [1.29, 1.82) is 0 Å². The van der Waals surface area contributed by atoms with Crippen LogP contribution in [0.4, 0.5) is 0 Å². The molecule has 4 heteroatoms. The molecule has 0 aromatic heterocycles. The molecule has 1 atom stereocenters. The summed E-state index contributed by atoms with van der Waals surface area (Å²) in [6.07, 6.45) is 6.00. The van der Waals surface area contributed by atoms with Crippen molar-refractivity contribution in [3.8, 4) is 0 Å². The van der Waals surface area contributed by atoms with Gasteiger partial charge < -0.3 is 15.7 Å². The van der Waals surface area contributed by atoms with Crippen LogP contribution >= 0.6 is 0 Å². The molecule has 0 aliphatic heterocycles. The van der Waals surface area contributed by atoms with Crippen LogP contribution in [-0.4, -0.2) is 36.8 Å². The molecule has 2 aromatic rings. The summed E-state index contributed by atoms with van der Waals surface area (Å²) in [6, 6.07) is 19.6. The van der Waals surface area contributed by atoms with E-state index in [1.54, 1.807) is 0 Å². The van der Waals surface area contributed by atoms with Gasteiger partial charge in [-0.1, -0.05) is 79.9 Å². The van der Waals surface area contributed by atoms with Crippen molar-refractivity contribution in [2.24, 2.45) is 5.92 Å². The number of aliphatic hydroxyl groups is 1. The molecule has 1 saturated carbocycles. The maximum absolute atomic E-state index is 12.9. The Balaban J connectivity index is 1.50. The zero-order valence-corrected chi connectivity index (χ0v) is 16.5. The molecule has 2 aromatic carbocycles. The van der Waals surface area contributed by atoms with Crippen molar-refractivity contribution in [1.82, 2.24) is 10.6 Å². The van der Waals surface area contributed by atoms with E-state index in [1.165, 1.54) is 32.1 Å². The molecular formula is C24H32N2O2. The summed E-state index contributed by atoms with van der Waals surface area (Å²) in [7, 11) is 0. The molecule has 150 valence electrons. The summed E-state index contributed by atoms with van der Waals surface area (Å²) in [5.74, 6) is 0.282. The average molecular weight is 381 g/mol. The SMILES string of the molecule is O=C(NC[C@H](O)CNCC1CCCCC1)C(c1ccccc1)c1ccccc1.